The molecule has 0 bridgehead atoms. The molecule has 1 unspecified atom stereocenters. The van der Waals surface area contributed by atoms with Crippen molar-refractivity contribution >= 4 is 45.7 Å². The van der Waals surface area contributed by atoms with Crippen molar-refractivity contribution in [2.45, 2.75) is 16.6 Å². The molecule has 0 radical (unpaired) electrons. The summed E-state index contributed by atoms with van der Waals surface area (Å²) in [6, 6.07) is 13.3. The Balaban J connectivity index is 1.54. The van der Waals surface area contributed by atoms with E-state index in [0.29, 0.717) is 16.5 Å². The standard InChI is InChI=1S/C19H14FN3O2S2/c1-19(16(24)21-13-4-2-3-5-15(13)27-19)17(25)23-18-22-14(10-26-18)11-6-8-12(20)9-7-11/h2-10H,1H3,(H,21,24)(H,22,23,25). The fourth-order valence-electron chi connectivity index (χ4n) is 2.62. The second-order valence-electron chi connectivity index (χ2n) is 6.08. The van der Waals surface area contributed by atoms with Crippen LogP contribution in [0.2, 0.25) is 0 Å². The molecule has 27 heavy (non-hydrogen) atoms. The van der Waals surface area contributed by atoms with E-state index in [4.69, 9.17) is 0 Å². The molecule has 8 heteroatoms. The van der Waals surface area contributed by atoms with E-state index in [1.54, 1.807) is 30.5 Å². The molecule has 0 spiro atoms. The maximum atomic E-state index is 13.1. The number of rotatable bonds is 3. The number of fused-ring (bicyclic) bond motifs is 1. The highest BCUT2D eigenvalue weighted by Gasteiger charge is 2.46. The van der Waals surface area contributed by atoms with Gasteiger partial charge in [0.2, 0.25) is 5.91 Å². The van der Waals surface area contributed by atoms with E-state index >= 15 is 0 Å². The van der Waals surface area contributed by atoms with Crippen molar-refractivity contribution < 1.29 is 14.0 Å². The Morgan fingerprint density at radius 3 is 2.70 bits per heavy atom. The summed E-state index contributed by atoms with van der Waals surface area (Å²) in [5, 5.41) is 7.66. The van der Waals surface area contributed by atoms with Crippen molar-refractivity contribution in [2.75, 3.05) is 10.6 Å². The number of nitrogens with one attached hydrogen (secondary N) is 2. The monoisotopic (exact) mass is 399 g/mol. The van der Waals surface area contributed by atoms with Crippen LogP contribution in [0.5, 0.6) is 0 Å². The lowest BCUT2D eigenvalue weighted by atomic mass is 10.1. The van der Waals surface area contributed by atoms with Gasteiger partial charge in [0.15, 0.2) is 9.88 Å². The summed E-state index contributed by atoms with van der Waals surface area (Å²) >= 11 is 2.46. The predicted octanol–water partition coefficient (Wildman–Crippen LogP) is 4.39. The number of halogens is 1. The minimum absolute atomic E-state index is 0.323. The van der Waals surface area contributed by atoms with E-state index in [9.17, 15) is 14.0 Å². The second kappa shape index (κ2) is 6.79. The lowest BCUT2D eigenvalue weighted by Gasteiger charge is -2.31. The molecule has 4 rings (SSSR count). The van der Waals surface area contributed by atoms with Crippen molar-refractivity contribution in [1.82, 2.24) is 4.98 Å². The topological polar surface area (TPSA) is 71.1 Å². The van der Waals surface area contributed by atoms with Crippen LogP contribution in [0.4, 0.5) is 15.2 Å². The molecular weight excluding hydrogens is 385 g/mol. The van der Waals surface area contributed by atoms with Gasteiger partial charge in [-0.1, -0.05) is 23.9 Å². The number of hydrogen-bond acceptors (Lipinski definition) is 5. The zero-order valence-corrected chi connectivity index (χ0v) is 15.8. The number of thioether (sulfide) groups is 1. The van der Waals surface area contributed by atoms with Gasteiger partial charge in [0.05, 0.1) is 11.4 Å². The zero-order valence-electron chi connectivity index (χ0n) is 14.2. The van der Waals surface area contributed by atoms with Crippen LogP contribution in [0.3, 0.4) is 0 Å². The van der Waals surface area contributed by atoms with Crippen LogP contribution in [0.1, 0.15) is 6.92 Å². The number of thiazole rings is 1. The normalized spacial score (nSPS) is 18.5. The number of para-hydroxylation sites is 1. The Morgan fingerprint density at radius 2 is 1.93 bits per heavy atom. The molecule has 3 aromatic rings. The lowest BCUT2D eigenvalue weighted by Crippen LogP contribution is -2.49. The molecule has 0 saturated carbocycles. The van der Waals surface area contributed by atoms with E-state index < -0.39 is 10.7 Å². The molecule has 0 fully saturated rings. The van der Waals surface area contributed by atoms with Crippen molar-refractivity contribution in [3.05, 3.63) is 59.7 Å². The third-order valence-corrected chi connectivity index (χ3v) is 6.29. The SMILES string of the molecule is CC1(C(=O)Nc2nc(-c3ccc(F)cc3)cs2)Sc2ccccc2NC1=O. The van der Waals surface area contributed by atoms with Crippen LogP contribution < -0.4 is 10.6 Å². The number of nitrogens with zero attached hydrogens (tertiary/aromatic N) is 1. The highest BCUT2D eigenvalue weighted by atomic mass is 32.2. The van der Waals surface area contributed by atoms with Gasteiger partial charge in [0.25, 0.3) is 5.91 Å². The minimum Gasteiger partial charge on any atom is -0.323 e. The van der Waals surface area contributed by atoms with Gasteiger partial charge in [-0.3, -0.25) is 9.59 Å². The van der Waals surface area contributed by atoms with Crippen molar-refractivity contribution in [1.29, 1.82) is 0 Å². The first-order valence-corrected chi connectivity index (χ1v) is 9.78. The van der Waals surface area contributed by atoms with Crippen molar-refractivity contribution in [3.63, 3.8) is 0 Å². The van der Waals surface area contributed by atoms with Gasteiger partial charge in [-0.2, -0.15) is 0 Å². The van der Waals surface area contributed by atoms with Crippen LogP contribution in [-0.2, 0) is 9.59 Å². The third kappa shape index (κ3) is 3.33. The number of aromatic nitrogens is 1. The van der Waals surface area contributed by atoms with Crippen LogP contribution in [0.15, 0.2) is 58.8 Å². The van der Waals surface area contributed by atoms with Gasteiger partial charge in [0.1, 0.15) is 5.82 Å². The van der Waals surface area contributed by atoms with Gasteiger partial charge in [0, 0.05) is 15.8 Å². The van der Waals surface area contributed by atoms with Crippen molar-refractivity contribution in [2.24, 2.45) is 0 Å². The Kier molecular flexibility index (Phi) is 4.45. The van der Waals surface area contributed by atoms with Crippen molar-refractivity contribution in [3.8, 4) is 11.3 Å². The number of amides is 2. The van der Waals surface area contributed by atoms with Gasteiger partial charge in [-0.25, -0.2) is 9.37 Å². The predicted molar refractivity (Wildman–Crippen MR) is 105 cm³/mol. The largest absolute Gasteiger partial charge is 0.323 e. The van der Waals surface area contributed by atoms with E-state index in [2.05, 4.69) is 15.6 Å². The molecule has 136 valence electrons. The van der Waals surface area contributed by atoms with Crippen LogP contribution in [0.25, 0.3) is 11.3 Å². The Bertz CT molecular complexity index is 1040. The van der Waals surface area contributed by atoms with Gasteiger partial charge >= 0.3 is 0 Å². The molecule has 1 atom stereocenters. The summed E-state index contributed by atoms with van der Waals surface area (Å²) < 4.78 is 11.7. The zero-order chi connectivity index (χ0) is 19.0. The summed E-state index contributed by atoms with van der Waals surface area (Å²) in [5.41, 5.74) is 2.08. The lowest BCUT2D eigenvalue weighted by molar-refractivity contribution is -0.126. The first kappa shape index (κ1) is 17.7. The first-order valence-electron chi connectivity index (χ1n) is 8.08. The molecule has 2 heterocycles. The number of carbonyl (C=O) groups is 2. The molecule has 1 aliphatic heterocycles. The van der Waals surface area contributed by atoms with Crippen LogP contribution in [-0.4, -0.2) is 21.5 Å². The van der Waals surface area contributed by atoms with Gasteiger partial charge in [-0.15, -0.1) is 11.3 Å². The molecule has 1 aromatic heterocycles. The van der Waals surface area contributed by atoms with Crippen LogP contribution in [0, 0.1) is 5.82 Å². The smallest absolute Gasteiger partial charge is 0.252 e. The Hall–Kier alpha value is -2.71. The maximum absolute atomic E-state index is 13.1. The van der Waals surface area contributed by atoms with E-state index in [1.165, 1.54) is 35.2 Å². The minimum atomic E-state index is -1.31. The Morgan fingerprint density at radius 1 is 1.19 bits per heavy atom. The van der Waals surface area contributed by atoms with Gasteiger partial charge in [-0.05, 0) is 43.3 Å². The first-order chi connectivity index (χ1) is 13.0. The van der Waals surface area contributed by atoms with E-state index in [1.807, 2.05) is 18.2 Å². The summed E-state index contributed by atoms with van der Waals surface area (Å²) in [4.78, 5) is 30.6. The number of hydrogen-bond donors (Lipinski definition) is 2. The molecule has 2 aromatic carbocycles. The number of carbonyl (C=O) groups excluding carboxylic acids is 2. The molecule has 2 amide bonds. The summed E-state index contributed by atoms with van der Waals surface area (Å²) in [5.74, 6) is -1.14. The molecule has 0 saturated heterocycles. The highest BCUT2D eigenvalue weighted by molar-refractivity contribution is 8.02. The fraction of sp³-hybridized carbons (Fsp3) is 0.105. The average molecular weight is 399 g/mol. The number of anilines is 2. The van der Waals surface area contributed by atoms with Crippen LogP contribution >= 0.6 is 23.1 Å². The molecule has 0 aliphatic carbocycles. The molecule has 2 N–H and O–H groups in total. The van der Waals surface area contributed by atoms with Gasteiger partial charge < -0.3 is 10.6 Å². The van der Waals surface area contributed by atoms with E-state index in [0.717, 1.165) is 10.5 Å². The van der Waals surface area contributed by atoms with E-state index in [-0.39, 0.29) is 11.7 Å². The second-order valence-corrected chi connectivity index (χ2v) is 8.40. The molecule has 5 nitrogen and oxygen atoms in total. The molecule has 1 aliphatic rings. The number of benzene rings is 2. The summed E-state index contributed by atoms with van der Waals surface area (Å²) in [7, 11) is 0. The fourth-order valence-corrected chi connectivity index (χ4v) is 4.43. The highest BCUT2D eigenvalue weighted by Crippen LogP contribution is 2.43. The average Bonchev–Trinajstić information content (AvgIpc) is 3.11. The summed E-state index contributed by atoms with van der Waals surface area (Å²) in [6.45, 7) is 1.59. The molecular formula is C19H14FN3O2S2. The maximum Gasteiger partial charge on any atom is 0.252 e. The summed E-state index contributed by atoms with van der Waals surface area (Å²) in [6.07, 6.45) is 0. The Labute approximate surface area is 163 Å². The third-order valence-electron chi connectivity index (χ3n) is 4.18. The quantitative estimate of drug-likeness (QED) is 0.641.